The van der Waals surface area contributed by atoms with Gasteiger partial charge >= 0.3 is 0 Å². The van der Waals surface area contributed by atoms with Crippen molar-refractivity contribution in [2.24, 2.45) is 0 Å². The average Bonchev–Trinajstić information content (AvgIpc) is 3.28. The molecule has 2 amide bonds. The normalized spacial score (nSPS) is 19.3. The van der Waals surface area contributed by atoms with E-state index in [4.69, 9.17) is 0 Å². The van der Waals surface area contributed by atoms with Crippen molar-refractivity contribution in [3.05, 3.63) is 102 Å². The summed E-state index contributed by atoms with van der Waals surface area (Å²) in [6.45, 7) is 0.480. The van der Waals surface area contributed by atoms with Gasteiger partial charge < -0.3 is 10.2 Å². The largest absolute Gasteiger partial charge is 0.351 e. The molecule has 1 aliphatic heterocycles. The van der Waals surface area contributed by atoms with Gasteiger partial charge in [0.2, 0.25) is 5.91 Å². The zero-order valence-electron chi connectivity index (χ0n) is 17.5. The minimum atomic E-state index is -0.534. The lowest BCUT2D eigenvalue weighted by Crippen LogP contribution is -2.61. The van der Waals surface area contributed by atoms with E-state index in [9.17, 15) is 9.59 Å². The number of para-hydroxylation sites is 1. The van der Waals surface area contributed by atoms with Gasteiger partial charge in [-0.25, -0.2) is 0 Å². The van der Waals surface area contributed by atoms with Gasteiger partial charge in [0, 0.05) is 17.8 Å². The second-order valence-electron chi connectivity index (χ2n) is 8.51. The maximum absolute atomic E-state index is 13.7. The van der Waals surface area contributed by atoms with Crippen LogP contribution in [0.2, 0.25) is 0 Å². The second-order valence-corrected chi connectivity index (χ2v) is 8.51. The van der Waals surface area contributed by atoms with Gasteiger partial charge in [0.05, 0.1) is 11.5 Å². The molecule has 31 heavy (non-hydrogen) atoms. The minimum Gasteiger partial charge on any atom is -0.351 e. The molecule has 0 radical (unpaired) electrons. The first-order valence-corrected chi connectivity index (χ1v) is 11.0. The number of fused-ring (bicyclic) bond motifs is 1. The lowest BCUT2D eigenvalue weighted by atomic mass is 9.70. The predicted molar refractivity (Wildman–Crippen MR) is 122 cm³/mol. The van der Waals surface area contributed by atoms with Crippen LogP contribution in [0.1, 0.15) is 53.1 Å². The number of hydrogen-bond acceptors (Lipinski definition) is 2. The number of carbonyl (C=O) groups is 2. The first-order chi connectivity index (χ1) is 15.2. The third kappa shape index (κ3) is 3.32. The predicted octanol–water partition coefficient (Wildman–Crippen LogP) is 5.06. The Morgan fingerprint density at radius 2 is 1.48 bits per heavy atom. The van der Waals surface area contributed by atoms with Gasteiger partial charge in [0.1, 0.15) is 0 Å². The van der Waals surface area contributed by atoms with E-state index in [0.29, 0.717) is 12.1 Å². The maximum atomic E-state index is 13.7. The van der Waals surface area contributed by atoms with E-state index in [-0.39, 0.29) is 11.8 Å². The van der Waals surface area contributed by atoms with E-state index in [1.807, 2.05) is 89.8 Å². The number of rotatable bonds is 4. The van der Waals surface area contributed by atoms with E-state index in [0.717, 1.165) is 42.5 Å². The van der Waals surface area contributed by atoms with Crippen LogP contribution in [0.25, 0.3) is 0 Å². The monoisotopic (exact) mass is 410 g/mol. The summed E-state index contributed by atoms with van der Waals surface area (Å²) in [5.41, 5.74) is 2.88. The lowest BCUT2D eigenvalue weighted by Gasteiger charge is -2.50. The van der Waals surface area contributed by atoms with Crippen LogP contribution >= 0.6 is 0 Å². The van der Waals surface area contributed by atoms with Gasteiger partial charge in [-0.15, -0.1) is 0 Å². The summed E-state index contributed by atoms with van der Waals surface area (Å²) in [4.78, 5) is 29.4. The molecular weight excluding hydrogens is 384 g/mol. The molecule has 156 valence electrons. The summed E-state index contributed by atoms with van der Waals surface area (Å²) < 4.78 is 0. The molecule has 4 heteroatoms. The van der Waals surface area contributed by atoms with E-state index < -0.39 is 11.5 Å². The SMILES string of the molecule is O=C(NCc1ccccc1)[C@@H]1c2ccccc2C(=O)N(c2ccccc2)C12CCCC2. The van der Waals surface area contributed by atoms with Gasteiger partial charge in [-0.1, -0.05) is 79.6 Å². The summed E-state index contributed by atoms with van der Waals surface area (Å²) in [5.74, 6) is -0.407. The van der Waals surface area contributed by atoms with Crippen LogP contribution in [-0.2, 0) is 11.3 Å². The van der Waals surface area contributed by atoms with E-state index >= 15 is 0 Å². The lowest BCUT2D eigenvalue weighted by molar-refractivity contribution is -0.124. The van der Waals surface area contributed by atoms with Crippen LogP contribution in [0.5, 0.6) is 0 Å². The topological polar surface area (TPSA) is 49.4 Å². The van der Waals surface area contributed by atoms with Crippen molar-refractivity contribution < 1.29 is 9.59 Å². The van der Waals surface area contributed by atoms with E-state index in [2.05, 4.69) is 5.32 Å². The van der Waals surface area contributed by atoms with Crippen LogP contribution < -0.4 is 10.2 Å². The highest BCUT2D eigenvalue weighted by Crippen LogP contribution is 2.51. The van der Waals surface area contributed by atoms with Crippen LogP contribution in [0.15, 0.2) is 84.9 Å². The van der Waals surface area contributed by atoms with Crippen molar-refractivity contribution in [1.29, 1.82) is 0 Å². The van der Waals surface area contributed by atoms with Gasteiger partial charge in [-0.05, 0) is 42.2 Å². The smallest absolute Gasteiger partial charge is 0.259 e. The molecule has 2 aliphatic rings. The Balaban J connectivity index is 1.59. The molecule has 1 N–H and O–H groups in total. The van der Waals surface area contributed by atoms with E-state index in [1.165, 1.54) is 0 Å². The fourth-order valence-electron chi connectivity index (χ4n) is 5.41. The Morgan fingerprint density at radius 3 is 2.19 bits per heavy atom. The zero-order valence-corrected chi connectivity index (χ0v) is 17.5. The summed E-state index contributed by atoms with van der Waals surface area (Å²) in [6.07, 6.45) is 3.68. The van der Waals surface area contributed by atoms with Crippen molar-refractivity contribution in [2.75, 3.05) is 4.90 Å². The molecule has 3 aromatic rings. The second kappa shape index (κ2) is 8.03. The Morgan fingerprint density at radius 1 is 0.871 bits per heavy atom. The number of carbonyl (C=O) groups excluding carboxylic acids is 2. The molecule has 1 fully saturated rings. The third-order valence-corrected chi connectivity index (χ3v) is 6.74. The van der Waals surface area contributed by atoms with Crippen LogP contribution in [0.3, 0.4) is 0 Å². The summed E-state index contributed by atoms with van der Waals surface area (Å²) in [7, 11) is 0. The highest BCUT2D eigenvalue weighted by atomic mass is 16.2. The molecule has 1 aliphatic carbocycles. The molecule has 1 heterocycles. The van der Waals surface area contributed by atoms with Gasteiger partial charge in [0.25, 0.3) is 5.91 Å². The minimum absolute atomic E-state index is 0.00388. The fourth-order valence-corrected chi connectivity index (χ4v) is 5.41. The number of nitrogens with zero attached hydrogens (tertiary/aromatic N) is 1. The standard InChI is InChI=1S/C27H26N2O2/c30-25(28-19-20-11-3-1-4-12-20)24-22-15-7-8-16-23(22)26(31)29(21-13-5-2-6-14-21)27(24)17-9-10-18-27/h1-8,11-16,24H,9-10,17-19H2,(H,28,30)/t24-/m0/s1. The Kier molecular flexibility index (Phi) is 5.06. The third-order valence-electron chi connectivity index (χ3n) is 6.74. The highest BCUT2D eigenvalue weighted by Gasteiger charge is 2.56. The fraction of sp³-hybridized carbons (Fsp3) is 0.259. The summed E-state index contributed by atoms with van der Waals surface area (Å²) in [5, 5.41) is 3.17. The number of nitrogens with one attached hydrogen (secondary N) is 1. The molecule has 1 saturated carbocycles. The summed E-state index contributed by atoms with van der Waals surface area (Å²) in [6, 6.07) is 27.4. The van der Waals surface area contributed by atoms with Crippen molar-refractivity contribution in [2.45, 2.75) is 43.7 Å². The first-order valence-electron chi connectivity index (χ1n) is 11.0. The van der Waals surface area contributed by atoms with Crippen molar-refractivity contribution >= 4 is 17.5 Å². The van der Waals surface area contributed by atoms with Crippen LogP contribution in [0, 0.1) is 0 Å². The molecular formula is C27H26N2O2. The van der Waals surface area contributed by atoms with Crippen molar-refractivity contribution in [3.63, 3.8) is 0 Å². The molecule has 4 nitrogen and oxygen atoms in total. The van der Waals surface area contributed by atoms with Crippen LogP contribution in [0.4, 0.5) is 5.69 Å². The molecule has 0 unspecified atom stereocenters. The Hall–Kier alpha value is -3.40. The number of anilines is 1. The Bertz CT molecular complexity index is 1090. The Labute approximate surface area is 182 Å². The maximum Gasteiger partial charge on any atom is 0.259 e. The molecule has 0 saturated heterocycles. The zero-order chi connectivity index (χ0) is 21.3. The highest BCUT2D eigenvalue weighted by molar-refractivity contribution is 6.12. The number of amides is 2. The van der Waals surface area contributed by atoms with Gasteiger partial charge in [-0.2, -0.15) is 0 Å². The molecule has 0 aromatic heterocycles. The number of benzene rings is 3. The molecule has 1 spiro atoms. The average molecular weight is 411 g/mol. The van der Waals surface area contributed by atoms with Crippen molar-refractivity contribution in [3.8, 4) is 0 Å². The molecule has 5 rings (SSSR count). The molecule has 3 aromatic carbocycles. The summed E-state index contributed by atoms with van der Waals surface area (Å²) >= 11 is 0. The molecule has 1 atom stereocenters. The van der Waals surface area contributed by atoms with Crippen LogP contribution in [-0.4, -0.2) is 17.4 Å². The van der Waals surface area contributed by atoms with Gasteiger partial charge in [0.15, 0.2) is 0 Å². The molecule has 0 bridgehead atoms. The number of hydrogen-bond donors (Lipinski definition) is 1. The van der Waals surface area contributed by atoms with Gasteiger partial charge in [-0.3, -0.25) is 9.59 Å². The van der Waals surface area contributed by atoms with Crippen molar-refractivity contribution in [1.82, 2.24) is 5.32 Å². The first kappa shape index (κ1) is 19.6. The van der Waals surface area contributed by atoms with E-state index in [1.54, 1.807) is 0 Å². The quantitative estimate of drug-likeness (QED) is 0.654.